The summed E-state index contributed by atoms with van der Waals surface area (Å²) >= 11 is 1.50. The molecule has 2 heterocycles. The number of rotatable bonds is 5. The quantitative estimate of drug-likeness (QED) is 0.706. The number of carbonyl (C=O) groups is 1. The Morgan fingerprint density at radius 3 is 2.82 bits per heavy atom. The number of carbonyl (C=O) groups excluding carboxylic acids is 1. The van der Waals surface area contributed by atoms with E-state index >= 15 is 0 Å². The van der Waals surface area contributed by atoms with Gasteiger partial charge in [0.2, 0.25) is 0 Å². The van der Waals surface area contributed by atoms with Crippen molar-refractivity contribution in [1.29, 1.82) is 0 Å². The van der Waals surface area contributed by atoms with Crippen LogP contribution in [0.2, 0.25) is 0 Å². The summed E-state index contributed by atoms with van der Waals surface area (Å²) < 4.78 is 2.32. The van der Waals surface area contributed by atoms with Crippen molar-refractivity contribution >= 4 is 28.1 Å². The second kappa shape index (κ2) is 6.36. The van der Waals surface area contributed by atoms with Crippen molar-refractivity contribution in [3.63, 3.8) is 0 Å². The molecule has 1 N–H and O–H groups in total. The zero-order valence-electron chi connectivity index (χ0n) is 12.9. The average Bonchev–Trinajstić information content (AvgIpc) is 3.07. The Morgan fingerprint density at radius 2 is 2.05 bits per heavy atom. The molecule has 0 atom stereocenters. The van der Waals surface area contributed by atoms with Gasteiger partial charge in [-0.05, 0) is 54.8 Å². The highest BCUT2D eigenvalue weighted by atomic mass is 32.1. The molecule has 0 fully saturated rings. The molecule has 1 amide bonds. The lowest BCUT2D eigenvalue weighted by Gasteiger charge is -2.09. The van der Waals surface area contributed by atoms with Crippen LogP contribution in [0.5, 0.6) is 0 Å². The molecule has 0 spiro atoms. The number of hydrogen-bond donors (Lipinski definition) is 1. The average molecular weight is 312 g/mol. The predicted molar refractivity (Wildman–Crippen MR) is 92.7 cm³/mol. The fourth-order valence-electron chi connectivity index (χ4n) is 2.72. The molecule has 0 radical (unpaired) electrons. The molecule has 3 rings (SSSR count). The van der Waals surface area contributed by atoms with E-state index in [-0.39, 0.29) is 5.91 Å². The molecular formula is C18H20N2OS. The maximum Gasteiger partial charge on any atom is 0.261 e. The number of aryl methyl sites for hydroxylation is 3. The van der Waals surface area contributed by atoms with E-state index in [2.05, 4.69) is 47.1 Å². The zero-order valence-corrected chi connectivity index (χ0v) is 13.7. The summed E-state index contributed by atoms with van der Waals surface area (Å²) in [6, 6.07) is 12.6. The highest BCUT2D eigenvalue weighted by molar-refractivity contribution is 7.12. The smallest absolute Gasteiger partial charge is 0.261 e. The van der Waals surface area contributed by atoms with Gasteiger partial charge in [0.1, 0.15) is 0 Å². The van der Waals surface area contributed by atoms with Gasteiger partial charge < -0.3 is 9.88 Å². The first-order valence-electron chi connectivity index (χ1n) is 7.53. The maximum atomic E-state index is 12.0. The Morgan fingerprint density at radius 1 is 1.23 bits per heavy atom. The van der Waals surface area contributed by atoms with Crippen LogP contribution in [-0.4, -0.2) is 17.0 Å². The van der Waals surface area contributed by atoms with Gasteiger partial charge in [-0.2, -0.15) is 0 Å². The summed E-state index contributed by atoms with van der Waals surface area (Å²) in [5.74, 6) is 0.0344. The van der Waals surface area contributed by atoms with E-state index in [9.17, 15) is 4.79 Å². The molecule has 0 aliphatic rings. The normalized spacial score (nSPS) is 11.0. The minimum atomic E-state index is 0.0344. The maximum absolute atomic E-state index is 12.0. The van der Waals surface area contributed by atoms with Gasteiger partial charge in [-0.3, -0.25) is 4.79 Å². The number of benzene rings is 1. The van der Waals surface area contributed by atoms with Gasteiger partial charge in [0.15, 0.2) is 0 Å². The first kappa shape index (κ1) is 14.9. The molecule has 0 saturated heterocycles. The van der Waals surface area contributed by atoms with Gasteiger partial charge in [-0.25, -0.2) is 0 Å². The monoisotopic (exact) mass is 312 g/mol. The van der Waals surface area contributed by atoms with E-state index in [0.717, 1.165) is 23.4 Å². The minimum absolute atomic E-state index is 0.0344. The summed E-state index contributed by atoms with van der Waals surface area (Å²) in [5, 5.41) is 6.28. The molecule has 4 heteroatoms. The van der Waals surface area contributed by atoms with Gasteiger partial charge in [-0.15, -0.1) is 11.3 Å². The summed E-state index contributed by atoms with van der Waals surface area (Å²) in [7, 11) is 0. The summed E-state index contributed by atoms with van der Waals surface area (Å²) in [5.41, 5.74) is 3.67. The number of fused-ring (bicyclic) bond motifs is 1. The number of aromatic nitrogens is 1. The van der Waals surface area contributed by atoms with Crippen molar-refractivity contribution < 1.29 is 4.79 Å². The number of amides is 1. The van der Waals surface area contributed by atoms with Crippen molar-refractivity contribution in [3.8, 4) is 0 Å². The van der Waals surface area contributed by atoms with Crippen molar-refractivity contribution in [1.82, 2.24) is 9.88 Å². The van der Waals surface area contributed by atoms with E-state index in [1.54, 1.807) is 0 Å². The predicted octanol–water partition coefficient (Wildman–Crippen LogP) is 4.14. The summed E-state index contributed by atoms with van der Waals surface area (Å²) in [4.78, 5) is 12.8. The number of thiophene rings is 1. The Hall–Kier alpha value is -2.07. The van der Waals surface area contributed by atoms with Crippen LogP contribution in [0.4, 0.5) is 0 Å². The van der Waals surface area contributed by atoms with Crippen LogP contribution in [0.1, 0.15) is 27.3 Å². The van der Waals surface area contributed by atoms with Gasteiger partial charge >= 0.3 is 0 Å². The molecule has 0 aliphatic carbocycles. The molecule has 0 saturated carbocycles. The van der Waals surface area contributed by atoms with Crippen LogP contribution in [0.25, 0.3) is 10.9 Å². The Kier molecular flexibility index (Phi) is 4.29. The SMILES string of the molecule is Cc1csc(C(=O)NCCCn2c(C)cc3ccccc32)c1. The van der Waals surface area contributed by atoms with Gasteiger partial charge in [0.25, 0.3) is 5.91 Å². The van der Waals surface area contributed by atoms with E-state index in [1.165, 1.54) is 27.9 Å². The minimum Gasteiger partial charge on any atom is -0.351 e. The van der Waals surface area contributed by atoms with Crippen molar-refractivity contribution in [2.45, 2.75) is 26.8 Å². The summed E-state index contributed by atoms with van der Waals surface area (Å²) in [6.45, 7) is 5.75. The topological polar surface area (TPSA) is 34.0 Å². The third-order valence-electron chi connectivity index (χ3n) is 3.82. The zero-order chi connectivity index (χ0) is 15.5. The van der Waals surface area contributed by atoms with Crippen molar-refractivity contribution in [2.75, 3.05) is 6.54 Å². The molecule has 22 heavy (non-hydrogen) atoms. The third-order valence-corrected chi connectivity index (χ3v) is 4.86. The molecule has 0 aliphatic heterocycles. The second-order valence-corrected chi connectivity index (χ2v) is 6.51. The molecule has 3 aromatic rings. The van der Waals surface area contributed by atoms with Crippen LogP contribution in [0, 0.1) is 13.8 Å². The van der Waals surface area contributed by atoms with Gasteiger partial charge in [-0.1, -0.05) is 18.2 Å². The van der Waals surface area contributed by atoms with E-state index in [0.29, 0.717) is 6.54 Å². The lowest BCUT2D eigenvalue weighted by Crippen LogP contribution is -2.24. The highest BCUT2D eigenvalue weighted by Gasteiger charge is 2.08. The fraction of sp³-hybridized carbons (Fsp3) is 0.278. The number of hydrogen-bond acceptors (Lipinski definition) is 2. The number of nitrogens with one attached hydrogen (secondary N) is 1. The van der Waals surface area contributed by atoms with E-state index < -0.39 is 0 Å². The molecule has 1 aromatic carbocycles. The summed E-state index contributed by atoms with van der Waals surface area (Å²) in [6.07, 6.45) is 0.926. The van der Waals surface area contributed by atoms with Crippen LogP contribution >= 0.6 is 11.3 Å². The fourth-order valence-corrected chi connectivity index (χ4v) is 3.54. The Labute approximate surface area is 134 Å². The first-order valence-corrected chi connectivity index (χ1v) is 8.41. The molecule has 0 unspecified atom stereocenters. The van der Waals surface area contributed by atoms with E-state index in [4.69, 9.17) is 0 Å². The Balaban J connectivity index is 1.56. The van der Waals surface area contributed by atoms with Crippen molar-refractivity contribution in [2.24, 2.45) is 0 Å². The lowest BCUT2D eigenvalue weighted by atomic mass is 10.2. The second-order valence-electron chi connectivity index (χ2n) is 5.59. The van der Waals surface area contributed by atoms with E-state index in [1.807, 2.05) is 18.4 Å². The van der Waals surface area contributed by atoms with Crippen LogP contribution in [0.15, 0.2) is 41.8 Å². The van der Waals surface area contributed by atoms with Crippen LogP contribution in [-0.2, 0) is 6.54 Å². The largest absolute Gasteiger partial charge is 0.351 e. The lowest BCUT2D eigenvalue weighted by molar-refractivity contribution is 0.0957. The first-order chi connectivity index (χ1) is 10.6. The van der Waals surface area contributed by atoms with Crippen molar-refractivity contribution in [3.05, 3.63) is 57.9 Å². The number of nitrogens with zero attached hydrogens (tertiary/aromatic N) is 1. The van der Waals surface area contributed by atoms with Gasteiger partial charge in [0.05, 0.1) is 4.88 Å². The van der Waals surface area contributed by atoms with Gasteiger partial charge in [0, 0.05) is 24.3 Å². The molecule has 0 bridgehead atoms. The molecule has 2 aromatic heterocycles. The molecular weight excluding hydrogens is 292 g/mol. The molecule has 114 valence electrons. The third kappa shape index (κ3) is 3.07. The van der Waals surface area contributed by atoms with Crippen LogP contribution in [0.3, 0.4) is 0 Å². The van der Waals surface area contributed by atoms with Crippen LogP contribution < -0.4 is 5.32 Å². The standard InChI is InChI=1S/C18H20N2OS/c1-13-10-17(22-12-13)18(21)19-8-5-9-20-14(2)11-15-6-3-4-7-16(15)20/h3-4,6-7,10-12H,5,8-9H2,1-2H3,(H,19,21). The molecule has 3 nitrogen and oxygen atoms in total. The Bertz CT molecular complexity index is 800. The highest BCUT2D eigenvalue weighted by Crippen LogP contribution is 2.19. The number of para-hydroxylation sites is 1.